The molecule has 0 bridgehead atoms. The van der Waals surface area contributed by atoms with E-state index in [0.29, 0.717) is 21.4 Å². The van der Waals surface area contributed by atoms with Gasteiger partial charge in [0.1, 0.15) is 0 Å². The van der Waals surface area contributed by atoms with E-state index < -0.39 is 5.97 Å². The summed E-state index contributed by atoms with van der Waals surface area (Å²) in [5, 5.41) is 8.17. The number of rotatable bonds is 2. The van der Waals surface area contributed by atoms with Gasteiger partial charge in [0.2, 0.25) is 0 Å². The lowest BCUT2D eigenvalue weighted by atomic mass is 10.3. The highest BCUT2D eigenvalue weighted by molar-refractivity contribution is 7.19. The second-order valence-electron chi connectivity index (χ2n) is 3.76. The molecule has 3 rings (SSSR count). The van der Waals surface area contributed by atoms with Crippen molar-refractivity contribution in [2.75, 3.05) is 7.11 Å². The van der Waals surface area contributed by atoms with Crippen molar-refractivity contribution in [1.29, 1.82) is 0 Å². The van der Waals surface area contributed by atoms with Gasteiger partial charge < -0.3 is 4.74 Å². The molecule has 0 aliphatic carbocycles. The Labute approximate surface area is 117 Å². The van der Waals surface area contributed by atoms with Crippen LogP contribution in [0.5, 0.6) is 0 Å². The highest BCUT2D eigenvalue weighted by Gasteiger charge is 2.13. The molecule has 7 heteroatoms. The monoisotopic (exact) mass is 293 g/mol. The molecule has 0 amide bonds. The van der Waals surface area contributed by atoms with Gasteiger partial charge in [-0.2, -0.15) is 0 Å². The highest BCUT2D eigenvalue weighted by atomic mass is 35.5. The summed E-state index contributed by atoms with van der Waals surface area (Å²) in [6.45, 7) is 0. The molecule has 0 saturated carbocycles. The summed E-state index contributed by atoms with van der Waals surface area (Å²) in [5.74, 6) is 0.253. The summed E-state index contributed by atoms with van der Waals surface area (Å²) < 4.78 is 7.12. The third-order valence-electron chi connectivity index (χ3n) is 2.62. The average Bonchev–Trinajstić information content (AvgIpc) is 3.02. The Morgan fingerprint density at radius 3 is 2.84 bits per heavy atom. The molecule has 0 radical (unpaired) electrons. The second kappa shape index (κ2) is 4.64. The predicted molar refractivity (Wildman–Crippen MR) is 72.6 cm³/mol. The van der Waals surface area contributed by atoms with E-state index in [0.717, 1.165) is 4.88 Å². The minimum Gasteiger partial charge on any atom is -0.465 e. The molecular weight excluding hydrogens is 286 g/mol. The van der Waals surface area contributed by atoms with Gasteiger partial charge in [-0.15, -0.1) is 21.5 Å². The Morgan fingerprint density at radius 2 is 2.16 bits per heavy atom. The number of hydrogen-bond donors (Lipinski definition) is 0. The van der Waals surface area contributed by atoms with E-state index in [1.165, 1.54) is 18.4 Å². The maximum absolute atomic E-state index is 11.5. The number of hydrogen-bond acceptors (Lipinski definition) is 5. The molecule has 0 aliphatic rings. The number of pyridine rings is 1. The first-order valence-corrected chi connectivity index (χ1v) is 6.57. The summed E-state index contributed by atoms with van der Waals surface area (Å²) in [6.07, 6.45) is 1.66. The number of esters is 1. The fourth-order valence-electron chi connectivity index (χ4n) is 1.73. The molecular formula is C12H8ClN3O2S. The standard InChI is InChI=1S/C12H8ClN3O2S/c1-18-12(17)7-2-5-10-14-15-11(16(10)6-7)8-3-4-9(13)19-8/h2-6H,1H3. The summed E-state index contributed by atoms with van der Waals surface area (Å²) >= 11 is 7.33. The number of nitrogens with zero attached hydrogens (tertiary/aromatic N) is 3. The number of carbonyl (C=O) groups excluding carboxylic acids is 1. The van der Waals surface area contributed by atoms with E-state index in [4.69, 9.17) is 16.3 Å². The first-order valence-electron chi connectivity index (χ1n) is 5.38. The molecule has 3 aromatic heterocycles. The van der Waals surface area contributed by atoms with Gasteiger partial charge in [0.15, 0.2) is 11.5 Å². The Morgan fingerprint density at radius 1 is 1.32 bits per heavy atom. The van der Waals surface area contributed by atoms with Gasteiger partial charge in [-0.25, -0.2) is 4.79 Å². The maximum Gasteiger partial charge on any atom is 0.339 e. The lowest BCUT2D eigenvalue weighted by molar-refractivity contribution is 0.0600. The van der Waals surface area contributed by atoms with Gasteiger partial charge in [0, 0.05) is 6.20 Å². The Kier molecular flexibility index (Phi) is 2.96. The van der Waals surface area contributed by atoms with Crippen LogP contribution in [-0.4, -0.2) is 27.7 Å². The highest BCUT2D eigenvalue weighted by Crippen LogP contribution is 2.30. The van der Waals surface area contributed by atoms with E-state index >= 15 is 0 Å². The SMILES string of the molecule is COC(=O)c1ccc2nnc(-c3ccc(Cl)s3)n2c1. The van der Waals surface area contributed by atoms with E-state index in [2.05, 4.69) is 10.2 Å². The van der Waals surface area contributed by atoms with Crippen molar-refractivity contribution >= 4 is 34.6 Å². The molecule has 5 nitrogen and oxygen atoms in total. The van der Waals surface area contributed by atoms with Crippen LogP contribution in [0.15, 0.2) is 30.5 Å². The Bertz CT molecular complexity index is 765. The molecule has 0 unspecified atom stereocenters. The van der Waals surface area contributed by atoms with E-state index in [-0.39, 0.29) is 0 Å². The zero-order valence-electron chi connectivity index (χ0n) is 9.83. The summed E-state index contributed by atoms with van der Waals surface area (Å²) in [4.78, 5) is 12.4. The Balaban J connectivity index is 2.18. The van der Waals surface area contributed by atoms with Crippen molar-refractivity contribution in [3.8, 4) is 10.7 Å². The van der Waals surface area contributed by atoms with Gasteiger partial charge in [0.05, 0.1) is 21.9 Å². The fourth-order valence-corrected chi connectivity index (χ4v) is 2.76. The lowest BCUT2D eigenvalue weighted by Crippen LogP contribution is -2.03. The minimum absolute atomic E-state index is 0.397. The lowest BCUT2D eigenvalue weighted by Gasteiger charge is -2.01. The number of carbonyl (C=O) groups is 1. The van der Waals surface area contributed by atoms with Crippen molar-refractivity contribution < 1.29 is 9.53 Å². The molecule has 0 aromatic carbocycles. The van der Waals surface area contributed by atoms with Crippen LogP contribution < -0.4 is 0 Å². The van der Waals surface area contributed by atoms with Crippen LogP contribution >= 0.6 is 22.9 Å². The smallest absolute Gasteiger partial charge is 0.339 e. The van der Waals surface area contributed by atoms with E-state index in [9.17, 15) is 4.79 Å². The molecule has 0 spiro atoms. The van der Waals surface area contributed by atoms with Crippen LogP contribution in [0.1, 0.15) is 10.4 Å². The summed E-state index contributed by atoms with van der Waals surface area (Å²) in [6, 6.07) is 7.04. The van der Waals surface area contributed by atoms with Gasteiger partial charge >= 0.3 is 5.97 Å². The van der Waals surface area contributed by atoms with E-state index in [1.807, 2.05) is 6.07 Å². The van der Waals surface area contributed by atoms with Crippen LogP contribution in [-0.2, 0) is 4.74 Å². The molecule has 0 N–H and O–H groups in total. The summed E-state index contributed by atoms with van der Waals surface area (Å²) in [7, 11) is 1.35. The summed E-state index contributed by atoms with van der Waals surface area (Å²) in [5.41, 5.74) is 1.10. The molecule has 0 saturated heterocycles. The Hall–Kier alpha value is -1.92. The normalized spacial score (nSPS) is 10.8. The molecule has 0 aliphatic heterocycles. The van der Waals surface area contributed by atoms with Crippen molar-refractivity contribution in [2.24, 2.45) is 0 Å². The number of ether oxygens (including phenoxy) is 1. The molecule has 3 heterocycles. The fraction of sp³-hybridized carbons (Fsp3) is 0.0833. The number of fused-ring (bicyclic) bond motifs is 1. The van der Waals surface area contributed by atoms with Gasteiger partial charge in [0.25, 0.3) is 0 Å². The van der Waals surface area contributed by atoms with Gasteiger partial charge in [-0.1, -0.05) is 11.6 Å². The number of aromatic nitrogens is 3. The van der Waals surface area contributed by atoms with Crippen molar-refractivity contribution in [3.63, 3.8) is 0 Å². The third kappa shape index (κ3) is 2.09. The molecule has 0 fully saturated rings. The second-order valence-corrected chi connectivity index (χ2v) is 5.48. The van der Waals surface area contributed by atoms with Gasteiger partial charge in [-0.3, -0.25) is 4.40 Å². The van der Waals surface area contributed by atoms with Crippen molar-refractivity contribution in [2.45, 2.75) is 0 Å². The molecule has 96 valence electrons. The van der Waals surface area contributed by atoms with Crippen LogP contribution in [0.4, 0.5) is 0 Å². The van der Waals surface area contributed by atoms with Crippen LogP contribution in [0, 0.1) is 0 Å². The number of methoxy groups -OCH3 is 1. The van der Waals surface area contributed by atoms with Gasteiger partial charge in [-0.05, 0) is 24.3 Å². The largest absolute Gasteiger partial charge is 0.465 e. The van der Waals surface area contributed by atoms with Crippen LogP contribution in [0.25, 0.3) is 16.3 Å². The first-order chi connectivity index (χ1) is 9.19. The van der Waals surface area contributed by atoms with E-state index in [1.54, 1.807) is 28.8 Å². The average molecular weight is 294 g/mol. The predicted octanol–water partition coefficient (Wildman–Crippen LogP) is 2.90. The number of halogens is 1. The maximum atomic E-state index is 11.5. The topological polar surface area (TPSA) is 56.5 Å². The van der Waals surface area contributed by atoms with Crippen LogP contribution in [0.3, 0.4) is 0 Å². The zero-order chi connectivity index (χ0) is 13.4. The van der Waals surface area contributed by atoms with Crippen LogP contribution in [0.2, 0.25) is 4.34 Å². The zero-order valence-corrected chi connectivity index (χ0v) is 11.4. The van der Waals surface area contributed by atoms with Crippen molar-refractivity contribution in [3.05, 3.63) is 40.4 Å². The number of thiophene rings is 1. The minimum atomic E-state index is -0.397. The van der Waals surface area contributed by atoms with Crippen molar-refractivity contribution in [1.82, 2.24) is 14.6 Å². The molecule has 0 atom stereocenters. The molecule has 3 aromatic rings. The quantitative estimate of drug-likeness (QED) is 0.682. The molecule has 19 heavy (non-hydrogen) atoms. The first kappa shape index (κ1) is 12.1. The third-order valence-corrected chi connectivity index (χ3v) is 3.84.